The molecule has 0 saturated carbocycles. The highest BCUT2D eigenvalue weighted by Crippen LogP contribution is 2.33. The van der Waals surface area contributed by atoms with Crippen molar-refractivity contribution in [3.05, 3.63) is 82.4 Å². The van der Waals surface area contributed by atoms with Crippen LogP contribution in [0.2, 0.25) is 5.02 Å². The monoisotopic (exact) mass is 555 g/mol. The van der Waals surface area contributed by atoms with Gasteiger partial charge in [-0.25, -0.2) is 13.4 Å². The van der Waals surface area contributed by atoms with Gasteiger partial charge in [0, 0.05) is 22.9 Å². The molecule has 37 heavy (non-hydrogen) atoms. The number of carbonyl (C=O) groups excluding carboxylic acids is 1. The molecule has 4 aromatic rings. The van der Waals surface area contributed by atoms with Gasteiger partial charge >= 0.3 is 0 Å². The van der Waals surface area contributed by atoms with Gasteiger partial charge in [-0.1, -0.05) is 29.0 Å². The molecule has 1 saturated heterocycles. The number of fused-ring (bicyclic) bond motifs is 1. The van der Waals surface area contributed by atoms with Crippen molar-refractivity contribution >= 4 is 59.9 Å². The number of hydrogen-bond donors (Lipinski definition) is 1. The minimum absolute atomic E-state index is 0.0516. The Balaban J connectivity index is 1.41. The lowest BCUT2D eigenvalue weighted by atomic mass is 10.1. The molecule has 0 spiro atoms. The molecule has 1 aliphatic heterocycles. The van der Waals surface area contributed by atoms with E-state index in [0.717, 1.165) is 34.2 Å². The zero-order valence-electron chi connectivity index (χ0n) is 20.4. The number of aryl methyl sites for hydroxylation is 2. The lowest BCUT2D eigenvalue weighted by molar-refractivity contribution is 0.0917. The van der Waals surface area contributed by atoms with E-state index in [0.29, 0.717) is 34.6 Å². The highest BCUT2D eigenvalue weighted by Gasteiger charge is 2.27. The van der Waals surface area contributed by atoms with Crippen LogP contribution in [-0.2, 0) is 14.8 Å². The topological polar surface area (TPSA) is 88.6 Å². The van der Waals surface area contributed by atoms with Crippen LogP contribution < -0.4 is 9.62 Å². The minimum Gasteiger partial charge on any atom is -0.376 e. The second kappa shape index (κ2) is 10.4. The van der Waals surface area contributed by atoms with Crippen LogP contribution in [0.25, 0.3) is 10.2 Å². The molecular formula is C27H26ClN3O4S2. The molecule has 0 bridgehead atoms. The molecule has 0 radical (unpaired) electrons. The number of nitrogens with zero attached hydrogens (tertiary/aromatic N) is 2. The number of halogens is 1. The van der Waals surface area contributed by atoms with Crippen molar-refractivity contribution < 1.29 is 17.9 Å². The maximum Gasteiger partial charge on any atom is 0.261 e. The number of sulfonamides is 1. The van der Waals surface area contributed by atoms with Gasteiger partial charge in [-0.15, -0.1) is 0 Å². The fraction of sp³-hybridized carbons (Fsp3) is 0.259. The van der Waals surface area contributed by atoms with Gasteiger partial charge < -0.3 is 4.74 Å². The Bertz CT molecular complexity index is 1550. The first-order chi connectivity index (χ1) is 17.7. The first kappa shape index (κ1) is 25.7. The van der Waals surface area contributed by atoms with E-state index in [9.17, 15) is 13.2 Å². The first-order valence-corrected chi connectivity index (χ1v) is 14.6. The Labute approximate surface area is 225 Å². The molecule has 1 aliphatic rings. The summed E-state index contributed by atoms with van der Waals surface area (Å²) in [5, 5.41) is 1.07. The van der Waals surface area contributed by atoms with E-state index >= 15 is 0 Å². The average Bonchev–Trinajstić information content (AvgIpc) is 3.55. The summed E-state index contributed by atoms with van der Waals surface area (Å²) in [6.45, 7) is 5.18. The van der Waals surface area contributed by atoms with Crippen LogP contribution in [0.3, 0.4) is 0 Å². The number of amides is 1. The van der Waals surface area contributed by atoms with Crippen LogP contribution in [0.5, 0.6) is 0 Å². The first-order valence-electron chi connectivity index (χ1n) is 11.9. The van der Waals surface area contributed by atoms with Crippen LogP contribution in [0.1, 0.15) is 34.3 Å². The predicted octanol–water partition coefficient (Wildman–Crippen LogP) is 6.19. The number of nitrogens with one attached hydrogen (secondary N) is 1. The summed E-state index contributed by atoms with van der Waals surface area (Å²) in [5.41, 5.74) is 3.93. The van der Waals surface area contributed by atoms with E-state index in [1.54, 1.807) is 29.2 Å². The van der Waals surface area contributed by atoms with Crippen LogP contribution in [0.4, 0.5) is 10.8 Å². The summed E-state index contributed by atoms with van der Waals surface area (Å²) in [5.74, 6) is -0.212. The summed E-state index contributed by atoms with van der Waals surface area (Å²) in [7, 11) is -3.79. The van der Waals surface area contributed by atoms with Gasteiger partial charge in [-0.3, -0.25) is 14.4 Å². The largest absolute Gasteiger partial charge is 0.376 e. The molecule has 1 fully saturated rings. The number of rotatable bonds is 7. The fourth-order valence-electron chi connectivity index (χ4n) is 4.23. The molecule has 1 aromatic heterocycles. The predicted molar refractivity (Wildman–Crippen MR) is 148 cm³/mol. The summed E-state index contributed by atoms with van der Waals surface area (Å²) in [6, 6.07) is 16.4. The Hall–Kier alpha value is -2.98. The number of thiazole rings is 1. The third kappa shape index (κ3) is 5.50. The van der Waals surface area contributed by atoms with Gasteiger partial charge in [0.05, 0.1) is 27.8 Å². The SMILES string of the molecule is Cc1ccc2sc(N(CC3CCCO3)C(=O)c3ccc(NS(=O)(=O)c4ccc(Cl)cc4)cc3)nc2c1C. The van der Waals surface area contributed by atoms with E-state index in [2.05, 4.69) is 10.8 Å². The second-order valence-corrected chi connectivity index (χ2v) is 12.2. The molecule has 1 atom stereocenters. The number of benzene rings is 3. The van der Waals surface area contributed by atoms with Gasteiger partial charge in [0.2, 0.25) is 0 Å². The minimum atomic E-state index is -3.79. The molecule has 5 rings (SSSR count). The lowest BCUT2D eigenvalue weighted by Gasteiger charge is -2.23. The highest BCUT2D eigenvalue weighted by molar-refractivity contribution is 7.92. The third-order valence-corrected chi connectivity index (χ3v) is 9.16. The molecule has 192 valence electrons. The van der Waals surface area contributed by atoms with Crippen molar-refractivity contribution in [2.45, 2.75) is 37.7 Å². The van der Waals surface area contributed by atoms with Crippen LogP contribution in [0.15, 0.2) is 65.6 Å². The number of ether oxygens (including phenoxy) is 1. The standard InChI is InChI=1S/C27H26ClN3O4S2/c1-17-5-14-24-25(18(17)2)29-27(36-24)31(16-22-4-3-15-35-22)26(32)19-6-10-21(11-7-19)30-37(33,34)23-12-8-20(28)9-13-23/h5-14,22,30H,3-4,15-16H2,1-2H3. The number of anilines is 2. The fourth-order valence-corrected chi connectivity index (χ4v) is 6.45. The van der Waals surface area contributed by atoms with E-state index in [1.165, 1.54) is 35.6 Å². The van der Waals surface area contributed by atoms with Gasteiger partial charge in [0.25, 0.3) is 15.9 Å². The summed E-state index contributed by atoms with van der Waals surface area (Å²) < 4.78 is 34.8. The van der Waals surface area contributed by atoms with Crippen molar-refractivity contribution in [1.29, 1.82) is 0 Å². The normalized spacial score (nSPS) is 15.7. The van der Waals surface area contributed by atoms with E-state index in [4.69, 9.17) is 21.3 Å². The molecule has 10 heteroatoms. The molecule has 1 unspecified atom stereocenters. The van der Waals surface area contributed by atoms with Crippen LogP contribution in [-0.4, -0.2) is 38.6 Å². The Kier molecular flexibility index (Phi) is 7.22. The van der Waals surface area contributed by atoms with E-state index < -0.39 is 10.0 Å². The summed E-state index contributed by atoms with van der Waals surface area (Å²) in [4.78, 5) is 20.3. The number of aromatic nitrogens is 1. The maximum absolute atomic E-state index is 13.7. The van der Waals surface area contributed by atoms with Crippen LogP contribution >= 0.6 is 22.9 Å². The van der Waals surface area contributed by atoms with Crippen molar-refractivity contribution in [1.82, 2.24) is 4.98 Å². The van der Waals surface area contributed by atoms with Crippen molar-refractivity contribution in [2.75, 3.05) is 22.8 Å². The molecule has 7 nitrogen and oxygen atoms in total. The Morgan fingerprint density at radius 2 is 1.84 bits per heavy atom. The van der Waals surface area contributed by atoms with Crippen molar-refractivity contribution in [3.63, 3.8) is 0 Å². The molecule has 2 heterocycles. The number of carbonyl (C=O) groups is 1. The average molecular weight is 556 g/mol. The van der Waals surface area contributed by atoms with Gasteiger partial charge in [0.1, 0.15) is 0 Å². The second-order valence-electron chi connectivity index (χ2n) is 9.04. The molecule has 3 aromatic carbocycles. The quantitative estimate of drug-likeness (QED) is 0.293. The smallest absolute Gasteiger partial charge is 0.261 e. The molecule has 1 N–H and O–H groups in total. The van der Waals surface area contributed by atoms with Crippen molar-refractivity contribution in [3.8, 4) is 0 Å². The maximum atomic E-state index is 13.7. The van der Waals surface area contributed by atoms with E-state index in [-0.39, 0.29) is 16.9 Å². The molecular weight excluding hydrogens is 530 g/mol. The summed E-state index contributed by atoms with van der Waals surface area (Å²) >= 11 is 7.35. The zero-order valence-corrected chi connectivity index (χ0v) is 22.8. The lowest BCUT2D eigenvalue weighted by Crippen LogP contribution is -2.37. The third-order valence-electron chi connectivity index (χ3n) is 6.47. The van der Waals surface area contributed by atoms with Gasteiger partial charge in [-0.05, 0) is 92.4 Å². The Morgan fingerprint density at radius 3 is 2.51 bits per heavy atom. The molecule has 0 aliphatic carbocycles. The van der Waals surface area contributed by atoms with E-state index in [1.807, 2.05) is 19.9 Å². The van der Waals surface area contributed by atoms with Crippen molar-refractivity contribution in [2.24, 2.45) is 0 Å². The van der Waals surface area contributed by atoms with Gasteiger partial charge in [0.15, 0.2) is 5.13 Å². The Morgan fingerprint density at radius 1 is 1.11 bits per heavy atom. The van der Waals surface area contributed by atoms with Gasteiger partial charge in [-0.2, -0.15) is 0 Å². The molecule has 1 amide bonds. The number of hydrogen-bond acceptors (Lipinski definition) is 6. The zero-order chi connectivity index (χ0) is 26.2. The van der Waals surface area contributed by atoms with Crippen LogP contribution in [0, 0.1) is 13.8 Å². The highest BCUT2D eigenvalue weighted by atomic mass is 35.5. The summed E-state index contributed by atoms with van der Waals surface area (Å²) in [6.07, 6.45) is 1.80.